The fourth-order valence-corrected chi connectivity index (χ4v) is 1.76. The predicted molar refractivity (Wildman–Crippen MR) is 72.2 cm³/mol. The average Bonchev–Trinajstić information content (AvgIpc) is 2.81. The van der Waals surface area contributed by atoms with Crippen LogP contribution >= 0.6 is 0 Å². The maximum atomic E-state index is 11.7. The maximum absolute atomic E-state index is 11.7. The smallest absolute Gasteiger partial charge is 0.250 e. The van der Waals surface area contributed by atoms with E-state index in [1.165, 1.54) is 10.9 Å². The van der Waals surface area contributed by atoms with Crippen LogP contribution in [0.1, 0.15) is 6.92 Å². The normalized spacial score (nSPS) is 16.3. The van der Waals surface area contributed by atoms with Crippen LogP contribution in [0.25, 0.3) is 0 Å². The van der Waals surface area contributed by atoms with Gasteiger partial charge in [-0.25, -0.2) is 0 Å². The molecule has 1 aromatic heterocycles. The highest BCUT2D eigenvalue weighted by molar-refractivity contribution is 5.91. The van der Waals surface area contributed by atoms with Gasteiger partial charge in [-0.15, -0.1) is 0 Å². The van der Waals surface area contributed by atoms with Gasteiger partial charge in [-0.2, -0.15) is 5.10 Å². The zero-order valence-corrected chi connectivity index (χ0v) is 11.6. The molecule has 0 unspecified atom stereocenters. The van der Waals surface area contributed by atoms with Gasteiger partial charge in [0.25, 0.3) is 0 Å². The van der Waals surface area contributed by atoms with Gasteiger partial charge in [-0.05, 0) is 6.92 Å². The Morgan fingerprint density at radius 3 is 2.85 bits per heavy atom. The van der Waals surface area contributed by atoms with Crippen molar-refractivity contribution >= 4 is 17.5 Å². The number of amides is 2. The number of nitrogens with zero attached hydrogens (tertiary/aromatic N) is 2. The lowest BCUT2D eigenvalue weighted by molar-refractivity contribution is -0.130. The molecule has 1 aliphatic rings. The summed E-state index contributed by atoms with van der Waals surface area (Å²) < 4.78 is 6.97. The summed E-state index contributed by atoms with van der Waals surface area (Å²) in [6, 6.07) is 0. The second kappa shape index (κ2) is 6.02. The van der Waals surface area contributed by atoms with Gasteiger partial charge in [0.2, 0.25) is 11.8 Å². The van der Waals surface area contributed by atoms with Crippen molar-refractivity contribution in [2.75, 3.05) is 32.1 Å². The fourth-order valence-electron chi connectivity index (χ4n) is 1.76. The van der Waals surface area contributed by atoms with Crippen LogP contribution in [0.15, 0.2) is 12.4 Å². The number of rotatable bonds is 6. The summed E-state index contributed by atoms with van der Waals surface area (Å²) in [4.78, 5) is 22.9. The average molecular weight is 281 g/mol. The molecular formula is C12H19N5O3. The van der Waals surface area contributed by atoms with Gasteiger partial charge in [-0.3, -0.25) is 14.3 Å². The van der Waals surface area contributed by atoms with Crippen molar-refractivity contribution in [1.29, 1.82) is 0 Å². The summed E-state index contributed by atoms with van der Waals surface area (Å²) in [5, 5.41) is 12.3. The van der Waals surface area contributed by atoms with E-state index in [9.17, 15) is 9.59 Å². The minimum Gasteiger partial charge on any atom is -0.363 e. The highest BCUT2D eigenvalue weighted by atomic mass is 16.5. The molecule has 8 heteroatoms. The monoisotopic (exact) mass is 281 g/mol. The second-order valence-electron chi connectivity index (χ2n) is 4.99. The molecule has 0 aromatic carbocycles. The summed E-state index contributed by atoms with van der Waals surface area (Å²) >= 11 is 0. The number of carbonyl (C=O) groups excluding carboxylic acids is 2. The molecule has 20 heavy (non-hydrogen) atoms. The minimum atomic E-state index is -0.249. The Morgan fingerprint density at radius 1 is 1.50 bits per heavy atom. The van der Waals surface area contributed by atoms with Gasteiger partial charge in [0.05, 0.1) is 17.5 Å². The fraction of sp³-hybridized carbons (Fsp3) is 0.583. The van der Waals surface area contributed by atoms with Gasteiger partial charge in [0, 0.05) is 26.3 Å². The van der Waals surface area contributed by atoms with Crippen LogP contribution in [0.5, 0.6) is 0 Å². The topological polar surface area (TPSA) is 97.3 Å². The molecule has 0 bridgehead atoms. The lowest BCUT2D eigenvalue weighted by atomic mass is 10.0. The van der Waals surface area contributed by atoms with E-state index in [4.69, 9.17) is 4.74 Å². The molecule has 1 aliphatic heterocycles. The Balaban J connectivity index is 1.77. The lowest BCUT2D eigenvalue weighted by Crippen LogP contribution is -2.59. The van der Waals surface area contributed by atoms with Gasteiger partial charge in [-0.1, -0.05) is 0 Å². The minimum absolute atomic E-state index is 0.00118. The molecule has 2 rings (SSSR count). The van der Waals surface area contributed by atoms with E-state index >= 15 is 0 Å². The van der Waals surface area contributed by atoms with E-state index in [0.717, 1.165) is 13.1 Å². The summed E-state index contributed by atoms with van der Waals surface area (Å²) in [5.74, 6) is -0.391. The van der Waals surface area contributed by atoms with E-state index in [1.807, 2.05) is 6.92 Å². The molecule has 2 amide bonds. The van der Waals surface area contributed by atoms with E-state index in [2.05, 4.69) is 21.0 Å². The number of aromatic nitrogens is 2. The maximum Gasteiger partial charge on any atom is 0.250 e. The zero-order valence-electron chi connectivity index (χ0n) is 11.6. The van der Waals surface area contributed by atoms with Gasteiger partial charge < -0.3 is 20.7 Å². The Kier molecular flexibility index (Phi) is 4.35. The first-order valence-electron chi connectivity index (χ1n) is 6.38. The van der Waals surface area contributed by atoms with E-state index in [0.29, 0.717) is 5.69 Å². The third kappa shape index (κ3) is 3.78. The van der Waals surface area contributed by atoms with Gasteiger partial charge in [0.1, 0.15) is 13.2 Å². The summed E-state index contributed by atoms with van der Waals surface area (Å²) in [5.41, 5.74) is 0.292. The molecule has 0 atom stereocenters. The van der Waals surface area contributed by atoms with Crippen molar-refractivity contribution in [3.8, 4) is 0 Å². The number of carbonyl (C=O) groups is 2. The van der Waals surface area contributed by atoms with E-state index in [-0.39, 0.29) is 30.6 Å². The van der Waals surface area contributed by atoms with Crippen LogP contribution in [0.2, 0.25) is 0 Å². The standard InChI is InChI=1S/C12H19N5O3/c1-12(7-14-8-12)20-6-11(19)16-9-3-15-17(4-9)5-10(18)13-2/h3-4,14H,5-8H2,1-2H3,(H,13,18)(H,16,19). The van der Waals surface area contributed by atoms with Gasteiger partial charge >= 0.3 is 0 Å². The third-order valence-corrected chi connectivity index (χ3v) is 3.05. The quantitative estimate of drug-likeness (QED) is 0.618. The van der Waals surface area contributed by atoms with Crippen LogP contribution in [-0.4, -0.2) is 53.9 Å². The highest BCUT2D eigenvalue weighted by Crippen LogP contribution is 2.15. The molecule has 0 spiro atoms. The Labute approximate surface area is 116 Å². The molecule has 1 fully saturated rings. The molecule has 2 heterocycles. The van der Waals surface area contributed by atoms with Crippen LogP contribution in [0, 0.1) is 0 Å². The SMILES string of the molecule is CNC(=O)Cn1cc(NC(=O)COC2(C)CNC2)cn1. The van der Waals surface area contributed by atoms with Crippen molar-refractivity contribution in [2.45, 2.75) is 19.1 Å². The Morgan fingerprint density at radius 2 is 2.25 bits per heavy atom. The molecular weight excluding hydrogens is 262 g/mol. The molecule has 0 radical (unpaired) electrons. The number of nitrogens with one attached hydrogen (secondary N) is 3. The summed E-state index contributed by atoms with van der Waals surface area (Å²) in [6.45, 7) is 3.58. The van der Waals surface area contributed by atoms with Crippen molar-refractivity contribution in [3.05, 3.63) is 12.4 Å². The number of hydrogen-bond acceptors (Lipinski definition) is 5. The van der Waals surface area contributed by atoms with E-state index < -0.39 is 0 Å². The zero-order chi connectivity index (χ0) is 14.6. The molecule has 8 nitrogen and oxygen atoms in total. The summed E-state index contributed by atoms with van der Waals surface area (Å²) in [6.07, 6.45) is 3.09. The molecule has 0 saturated carbocycles. The van der Waals surface area contributed by atoms with Crippen molar-refractivity contribution < 1.29 is 14.3 Å². The van der Waals surface area contributed by atoms with Crippen molar-refractivity contribution in [2.24, 2.45) is 0 Å². The number of ether oxygens (including phenoxy) is 1. The largest absolute Gasteiger partial charge is 0.363 e. The molecule has 1 saturated heterocycles. The Bertz CT molecular complexity index is 495. The van der Waals surface area contributed by atoms with Crippen LogP contribution in [-0.2, 0) is 20.9 Å². The third-order valence-electron chi connectivity index (χ3n) is 3.05. The number of likely N-dealkylation sites (N-methyl/N-ethyl adjacent to an activating group) is 1. The van der Waals surface area contributed by atoms with Crippen LogP contribution < -0.4 is 16.0 Å². The number of hydrogen-bond donors (Lipinski definition) is 3. The molecule has 110 valence electrons. The predicted octanol–water partition coefficient (Wildman–Crippen LogP) is -1.05. The van der Waals surface area contributed by atoms with Crippen molar-refractivity contribution in [3.63, 3.8) is 0 Å². The highest BCUT2D eigenvalue weighted by Gasteiger charge is 2.33. The second-order valence-corrected chi connectivity index (χ2v) is 4.99. The molecule has 1 aromatic rings. The summed E-state index contributed by atoms with van der Waals surface area (Å²) in [7, 11) is 1.56. The Hall–Kier alpha value is -1.93. The molecule has 3 N–H and O–H groups in total. The van der Waals surface area contributed by atoms with Crippen LogP contribution in [0.4, 0.5) is 5.69 Å². The van der Waals surface area contributed by atoms with Crippen molar-refractivity contribution in [1.82, 2.24) is 20.4 Å². The number of anilines is 1. The van der Waals surface area contributed by atoms with Crippen LogP contribution in [0.3, 0.4) is 0 Å². The van der Waals surface area contributed by atoms with Gasteiger partial charge in [0.15, 0.2) is 0 Å². The molecule has 0 aliphatic carbocycles. The first kappa shape index (κ1) is 14.5. The lowest BCUT2D eigenvalue weighted by Gasteiger charge is -2.38. The van der Waals surface area contributed by atoms with E-state index in [1.54, 1.807) is 13.2 Å². The first-order valence-corrected chi connectivity index (χ1v) is 6.38. The first-order chi connectivity index (χ1) is 9.50.